The first-order valence-corrected chi connectivity index (χ1v) is 9.57. The van der Waals surface area contributed by atoms with E-state index >= 15 is 0 Å². The highest BCUT2D eigenvalue weighted by Crippen LogP contribution is 2.26. The third-order valence-corrected chi connectivity index (χ3v) is 5.34. The van der Waals surface area contributed by atoms with Gasteiger partial charge in [0, 0.05) is 28.1 Å². The van der Waals surface area contributed by atoms with E-state index in [0.717, 1.165) is 16.3 Å². The summed E-state index contributed by atoms with van der Waals surface area (Å²) in [5.74, 6) is -0.533. The summed E-state index contributed by atoms with van der Waals surface area (Å²) in [6.07, 6.45) is 0. The highest BCUT2D eigenvalue weighted by atomic mass is 32.1. The lowest BCUT2D eigenvalue weighted by Gasteiger charge is -2.06. The molecule has 0 spiro atoms. The molecule has 0 fully saturated rings. The normalized spacial score (nSPS) is 11.0. The van der Waals surface area contributed by atoms with E-state index in [4.69, 9.17) is 4.74 Å². The van der Waals surface area contributed by atoms with Crippen LogP contribution >= 0.6 is 22.7 Å². The first kappa shape index (κ1) is 16.6. The Kier molecular flexibility index (Phi) is 4.36. The fraction of sp³-hybridized carbons (Fsp3) is 0.111. The minimum atomic E-state index is -0.533. The quantitative estimate of drug-likeness (QED) is 0.504. The Balaban J connectivity index is 1.51. The van der Waals surface area contributed by atoms with Crippen LogP contribution in [-0.2, 0) is 11.3 Å². The average molecular weight is 383 g/mol. The molecule has 0 aliphatic carbocycles. The largest absolute Gasteiger partial charge is 0.454 e. The van der Waals surface area contributed by atoms with Crippen LogP contribution in [0.25, 0.3) is 16.2 Å². The lowest BCUT2D eigenvalue weighted by atomic mass is 10.3. The van der Waals surface area contributed by atoms with Crippen LogP contribution in [0.15, 0.2) is 51.3 Å². The molecule has 0 N–H and O–H groups in total. The molecule has 6 nitrogen and oxygen atoms in total. The first-order chi connectivity index (χ1) is 12.6. The van der Waals surface area contributed by atoms with E-state index in [1.807, 2.05) is 35.9 Å². The van der Waals surface area contributed by atoms with Crippen molar-refractivity contribution in [3.8, 4) is 10.6 Å². The van der Waals surface area contributed by atoms with Gasteiger partial charge in [-0.1, -0.05) is 6.07 Å². The predicted octanol–water partition coefficient (Wildman–Crippen LogP) is 3.54. The standard InChI is InChI=1S/C18H13N3O3S2/c1-11-3-2-4-15-19-13(7-16(22)21(11)15)8-24-18(23)14-10-26-17(20-14)12-5-6-25-9-12/h2-7,9-10H,8H2,1H3. The monoisotopic (exact) mass is 383 g/mol. The zero-order valence-corrected chi connectivity index (χ0v) is 15.3. The van der Waals surface area contributed by atoms with E-state index in [2.05, 4.69) is 9.97 Å². The van der Waals surface area contributed by atoms with Crippen molar-refractivity contribution in [3.05, 3.63) is 73.9 Å². The second-order valence-corrected chi connectivity index (χ2v) is 7.21. The van der Waals surface area contributed by atoms with Crippen LogP contribution in [0.5, 0.6) is 0 Å². The minimum absolute atomic E-state index is 0.0795. The number of nitrogens with zero attached hydrogens (tertiary/aromatic N) is 3. The number of esters is 1. The molecule has 0 radical (unpaired) electrons. The second-order valence-electron chi connectivity index (χ2n) is 5.57. The summed E-state index contributed by atoms with van der Waals surface area (Å²) in [4.78, 5) is 33.1. The average Bonchev–Trinajstić information content (AvgIpc) is 3.30. The SMILES string of the molecule is Cc1cccc2nc(COC(=O)c3csc(-c4ccsc4)n3)cc(=O)n12. The summed E-state index contributed by atoms with van der Waals surface area (Å²) < 4.78 is 6.79. The van der Waals surface area contributed by atoms with Gasteiger partial charge in [0.2, 0.25) is 0 Å². The van der Waals surface area contributed by atoms with Gasteiger partial charge in [-0.25, -0.2) is 14.8 Å². The van der Waals surface area contributed by atoms with Gasteiger partial charge in [-0.2, -0.15) is 11.3 Å². The number of aromatic nitrogens is 3. The number of carbonyl (C=O) groups is 1. The summed E-state index contributed by atoms with van der Waals surface area (Å²) in [7, 11) is 0. The van der Waals surface area contributed by atoms with Gasteiger partial charge in [0.1, 0.15) is 17.3 Å². The molecule has 0 atom stereocenters. The van der Waals surface area contributed by atoms with Crippen LogP contribution in [0.1, 0.15) is 21.9 Å². The van der Waals surface area contributed by atoms with E-state index in [-0.39, 0.29) is 17.9 Å². The van der Waals surface area contributed by atoms with Gasteiger partial charge in [-0.3, -0.25) is 9.20 Å². The Hall–Kier alpha value is -2.84. The lowest BCUT2D eigenvalue weighted by Crippen LogP contribution is -2.18. The van der Waals surface area contributed by atoms with Crippen molar-refractivity contribution in [3.63, 3.8) is 0 Å². The van der Waals surface area contributed by atoms with Gasteiger partial charge in [0.05, 0.1) is 5.69 Å². The number of hydrogen-bond acceptors (Lipinski definition) is 7. The fourth-order valence-corrected chi connectivity index (χ4v) is 4.04. The molecule has 4 aromatic heterocycles. The zero-order valence-electron chi connectivity index (χ0n) is 13.7. The summed E-state index contributed by atoms with van der Waals surface area (Å²) >= 11 is 2.96. The summed E-state index contributed by atoms with van der Waals surface area (Å²) in [6.45, 7) is 1.76. The highest BCUT2D eigenvalue weighted by Gasteiger charge is 2.14. The van der Waals surface area contributed by atoms with Crippen LogP contribution < -0.4 is 5.56 Å². The van der Waals surface area contributed by atoms with Gasteiger partial charge in [0.25, 0.3) is 5.56 Å². The molecule has 0 bridgehead atoms. The van der Waals surface area contributed by atoms with E-state index in [0.29, 0.717) is 11.3 Å². The molecule has 0 amide bonds. The Morgan fingerprint density at radius 1 is 1.23 bits per heavy atom. The van der Waals surface area contributed by atoms with Crippen LogP contribution in [0.4, 0.5) is 0 Å². The van der Waals surface area contributed by atoms with Gasteiger partial charge < -0.3 is 4.74 Å². The predicted molar refractivity (Wildman–Crippen MR) is 101 cm³/mol. The lowest BCUT2D eigenvalue weighted by molar-refractivity contribution is 0.0462. The molecule has 0 saturated heterocycles. The number of thiophene rings is 1. The molecule has 0 aliphatic rings. The highest BCUT2D eigenvalue weighted by molar-refractivity contribution is 7.14. The van der Waals surface area contributed by atoms with Crippen LogP contribution in [-0.4, -0.2) is 20.3 Å². The van der Waals surface area contributed by atoms with E-state index in [1.165, 1.54) is 21.8 Å². The van der Waals surface area contributed by atoms with Crippen molar-refractivity contribution in [1.29, 1.82) is 0 Å². The van der Waals surface area contributed by atoms with Gasteiger partial charge in [-0.05, 0) is 30.5 Å². The molecule has 0 saturated carbocycles. The second kappa shape index (κ2) is 6.81. The van der Waals surface area contributed by atoms with Crippen molar-refractivity contribution in [2.24, 2.45) is 0 Å². The number of fused-ring (bicyclic) bond motifs is 1. The van der Waals surface area contributed by atoms with E-state index < -0.39 is 5.97 Å². The van der Waals surface area contributed by atoms with Gasteiger partial charge in [0.15, 0.2) is 5.69 Å². The molecule has 4 heterocycles. The number of pyridine rings is 1. The molecule has 8 heteroatoms. The van der Waals surface area contributed by atoms with Gasteiger partial charge >= 0.3 is 5.97 Å². The number of carbonyl (C=O) groups excluding carboxylic acids is 1. The minimum Gasteiger partial charge on any atom is -0.454 e. The third kappa shape index (κ3) is 3.16. The number of aryl methyl sites for hydroxylation is 1. The maximum absolute atomic E-state index is 12.2. The van der Waals surface area contributed by atoms with Crippen LogP contribution in [0, 0.1) is 6.92 Å². The summed E-state index contributed by atoms with van der Waals surface area (Å²) in [6, 6.07) is 8.74. The van der Waals surface area contributed by atoms with E-state index in [1.54, 1.807) is 22.8 Å². The number of rotatable bonds is 4. The zero-order chi connectivity index (χ0) is 18.1. The Morgan fingerprint density at radius 3 is 2.92 bits per heavy atom. The van der Waals surface area contributed by atoms with E-state index in [9.17, 15) is 9.59 Å². The summed E-state index contributed by atoms with van der Waals surface area (Å²) in [5, 5.41) is 6.38. The number of thiazole rings is 1. The number of hydrogen-bond donors (Lipinski definition) is 0. The molecular weight excluding hydrogens is 370 g/mol. The maximum Gasteiger partial charge on any atom is 0.358 e. The van der Waals surface area contributed by atoms with Gasteiger partial charge in [-0.15, -0.1) is 11.3 Å². The van der Waals surface area contributed by atoms with Crippen LogP contribution in [0.2, 0.25) is 0 Å². The summed E-state index contributed by atoms with van der Waals surface area (Å²) in [5.41, 5.74) is 2.77. The van der Waals surface area contributed by atoms with Crippen molar-refractivity contribution in [2.45, 2.75) is 13.5 Å². The van der Waals surface area contributed by atoms with Crippen molar-refractivity contribution < 1.29 is 9.53 Å². The molecule has 0 unspecified atom stereocenters. The fourth-order valence-electron chi connectivity index (χ4n) is 2.54. The molecule has 0 aromatic carbocycles. The maximum atomic E-state index is 12.2. The molecule has 26 heavy (non-hydrogen) atoms. The molecule has 4 rings (SSSR count). The molecule has 130 valence electrons. The van der Waals surface area contributed by atoms with Crippen molar-refractivity contribution in [2.75, 3.05) is 0 Å². The third-order valence-electron chi connectivity index (χ3n) is 3.77. The molecule has 0 aliphatic heterocycles. The van der Waals surface area contributed by atoms with Crippen LogP contribution in [0.3, 0.4) is 0 Å². The molecular formula is C18H13N3O3S2. The first-order valence-electron chi connectivity index (χ1n) is 7.75. The molecule has 4 aromatic rings. The Bertz CT molecular complexity index is 1150. The Labute approximate surface area is 156 Å². The Morgan fingerprint density at radius 2 is 2.12 bits per heavy atom. The smallest absolute Gasteiger partial charge is 0.358 e. The number of ether oxygens (including phenoxy) is 1. The van der Waals surface area contributed by atoms with Crippen molar-refractivity contribution >= 4 is 34.3 Å². The van der Waals surface area contributed by atoms with Crippen molar-refractivity contribution in [1.82, 2.24) is 14.4 Å². The topological polar surface area (TPSA) is 73.6 Å².